The van der Waals surface area contributed by atoms with Crippen LogP contribution < -0.4 is 16.0 Å². The van der Waals surface area contributed by atoms with Crippen molar-refractivity contribution in [2.45, 2.75) is 282 Å². The van der Waals surface area contributed by atoms with Crippen molar-refractivity contribution in [2.75, 3.05) is 45.8 Å². The molecule has 0 amide bonds. The zero-order valence-corrected chi connectivity index (χ0v) is 51.5. The summed E-state index contributed by atoms with van der Waals surface area (Å²) in [7, 11) is 0. The van der Waals surface area contributed by atoms with Gasteiger partial charge >= 0.3 is 29.8 Å². The van der Waals surface area contributed by atoms with E-state index in [1.54, 1.807) is 0 Å². The van der Waals surface area contributed by atoms with Gasteiger partial charge in [0, 0.05) is 92.1 Å². The summed E-state index contributed by atoms with van der Waals surface area (Å²) in [5.41, 5.74) is -6.01. The minimum absolute atomic E-state index is 0.0100. The largest absolute Gasteiger partial charge is 0.480 e. The Morgan fingerprint density at radius 1 is 0.429 bits per heavy atom. The van der Waals surface area contributed by atoms with Gasteiger partial charge in [0.05, 0.1) is 32.7 Å². The maximum atomic E-state index is 14.1. The monoisotopic (exact) mass is 1090 g/mol. The Morgan fingerprint density at radius 3 is 0.987 bits per heavy atom. The van der Waals surface area contributed by atoms with E-state index in [9.17, 15) is 49.5 Å². The zero-order valence-electron chi connectivity index (χ0n) is 51.5. The van der Waals surface area contributed by atoms with Gasteiger partial charge in [0.15, 0.2) is 0 Å². The van der Waals surface area contributed by atoms with E-state index in [0.717, 1.165) is 25.7 Å². The minimum atomic E-state index is -1.17. The van der Waals surface area contributed by atoms with Crippen molar-refractivity contribution >= 4 is 29.8 Å². The molecule has 5 rings (SSSR count). The summed E-state index contributed by atoms with van der Waals surface area (Å²) in [6, 6.07) is -0.948. The molecule has 0 aromatic rings. The fourth-order valence-electron chi connectivity index (χ4n) is 18.6. The van der Waals surface area contributed by atoms with Crippen LogP contribution >= 0.6 is 0 Å². The fraction of sp³-hybridized carbons (Fsp3) is 0.915. The van der Waals surface area contributed by atoms with Crippen molar-refractivity contribution < 1.29 is 49.5 Å². The number of carbonyl (C=O) groups is 5. The van der Waals surface area contributed by atoms with Crippen molar-refractivity contribution in [3.63, 3.8) is 0 Å². The van der Waals surface area contributed by atoms with Gasteiger partial charge in [-0.25, -0.2) is 0 Å². The molecular formula is C59H108N8O10. The Kier molecular flexibility index (Phi) is 18.6. The molecule has 1 atom stereocenters. The van der Waals surface area contributed by atoms with Crippen LogP contribution in [0.25, 0.3) is 0 Å². The first-order valence-corrected chi connectivity index (χ1v) is 28.8. The number of hydrogen-bond acceptors (Lipinski definition) is 13. The van der Waals surface area contributed by atoms with Gasteiger partial charge < -0.3 is 41.5 Å². The number of piperidine rings is 5. The van der Waals surface area contributed by atoms with Gasteiger partial charge in [-0.1, -0.05) is 0 Å². The molecule has 0 aromatic carbocycles. The van der Waals surface area contributed by atoms with Crippen molar-refractivity contribution in [1.29, 1.82) is 0 Å². The summed E-state index contributed by atoms with van der Waals surface area (Å²) >= 11 is 0. The molecule has 0 aromatic heterocycles. The maximum Gasteiger partial charge on any atom is 0.317 e. The third-order valence-corrected chi connectivity index (χ3v) is 18.7. The number of nitrogens with zero attached hydrogens (tertiary/aromatic N) is 5. The smallest absolute Gasteiger partial charge is 0.317 e. The number of hydrogen-bond donors (Lipinski definition) is 8. The van der Waals surface area contributed by atoms with Gasteiger partial charge in [-0.3, -0.25) is 48.5 Å². The summed E-state index contributed by atoms with van der Waals surface area (Å²) < 4.78 is 0. The van der Waals surface area contributed by atoms with Crippen molar-refractivity contribution in [1.82, 2.24) is 40.4 Å². The highest BCUT2D eigenvalue weighted by molar-refractivity contribution is 5.73. The Hall–Kier alpha value is -2.97. The molecule has 18 nitrogen and oxygen atoms in total. The number of likely N-dealkylation sites (tertiary alicyclic amines) is 2. The molecule has 5 aliphatic rings. The summed E-state index contributed by atoms with van der Waals surface area (Å²) in [6.07, 6.45) is 6.65. The lowest BCUT2D eigenvalue weighted by Gasteiger charge is -2.72. The standard InChI is InChI=1S/C59H108N8O10/c1-49(2)23-38(24-50(3,4)60-49)48(64(35-45(72)73)22-21-63(33-43(68)69)34-44(70)71)59(39-25-51(5,6)61-52(7,8)26-39,40-27-53(9,10)62-54(11,12)28-40)67(41-29-55(13,14)65(36-46(74)75)56(15,16)30-41)42-31-57(17,18)66(37-47(76)77)58(19,20)32-42/h38-42,48,60-62H,21-37H2,1-20H3,(H,68,69)(H,70,71)(H,72,73)(H,74,75)(H,76,77). The third-order valence-electron chi connectivity index (χ3n) is 18.7. The van der Waals surface area contributed by atoms with E-state index in [2.05, 4.69) is 174 Å². The van der Waals surface area contributed by atoms with E-state index in [0.29, 0.717) is 38.5 Å². The second-order valence-corrected chi connectivity index (χ2v) is 31.5. The van der Waals surface area contributed by atoms with Crippen LogP contribution in [0.3, 0.4) is 0 Å². The van der Waals surface area contributed by atoms with Gasteiger partial charge in [0.2, 0.25) is 0 Å². The van der Waals surface area contributed by atoms with Gasteiger partial charge in [0.25, 0.3) is 0 Å². The normalized spacial score (nSPS) is 27.1. The SMILES string of the molecule is CC1(C)CC(C(N(CCN(CC(=O)O)CC(=O)O)CC(=O)O)C(C2CC(C)(C)NC(C)(C)C2)(C2CC(C)(C)NC(C)(C)C2)N(C2CC(C)(C)N(CC(=O)O)C(C)(C)C2)C2CC(C)(C)N(CC(=O)O)C(C)(C)C2)CC(C)(C)N1. The molecule has 5 heterocycles. The summed E-state index contributed by atoms with van der Waals surface area (Å²) in [5.74, 6) is -5.58. The highest BCUT2D eigenvalue weighted by atomic mass is 16.4. The minimum Gasteiger partial charge on any atom is -0.480 e. The summed E-state index contributed by atoms with van der Waals surface area (Å²) in [4.78, 5) is 75.8. The van der Waals surface area contributed by atoms with Gasteiger partial charge in [-0.15, -0.1) is 0 Å². The Bertz CT molecular complexity index is 1970. The number of carboxylic acids is 5. The topological polar surface area (TPSA) is 239 Å². The molecule has 0 radical (unpaired) electrons. The van der Waals surface area contributed by atoms with Crippen molar-refractivity contribution in [3.8, 4) is 0 Å². The molecule has 0 aliphatic carbocycles. The molecule has 5 aliphatic heterocycles. The van der Waals surface area contributed by atoms with Crippen LogP contribution in [0.5, 0.6) is 0 Å². The van der Waals surface area contributed by atoms with Crippen molar-refractivity contribution in [2.24, 2.45) is 17.8 Å². The maximum absolute atomic E-state index is 14.1. The van der Waals surface area contributed by atoms with E-state index in [1.807, 2.05) is 0 Å². The van der Waals surface area contributed by atoms with E-state index >= 15 is 0 Å². The van der Waals surface area contributed by atoms with Crippen LogP contribution in [0.15, 0.2) is 0 Å². The quantitative estimate of drug-likeness (QED) is 0.0570. The number of rotatable bonds is 21. The first-order valence-electron chi connectivity index (χ1n) is 28.8. The molecular weight excluding hydrogens is 981 g/mol. The first-order chi connectivity index (χ1) is 34.6. The number of carboxylic acid groups (broad SMARTS) is 5. The molecule has 0 saturated carbocycles. The predicted molar refractivity (Wildman–Crippen MR) is 302 cm³/mol. The molecule has 0 spiro atoms. The molecule has 77 heavy (non-hydrogen) atoms. The average Bonchev–Trinajstić information content (AvgIpc) is 3.14. The Morgan fingerprint density at radius 2 is 0.714 bits per heavy atom. The molecule has 5 saturated heterocycles. The van der Waals surface area contributed by atoms with E-state index in [1.165, 1.54) is 4.90 Å². The zero-order chi connectivity index (χ0) is 58.9. The average molecular weight is 1090 g/mol. The third kappa shape index (κ3) is 15.5. The number of aliphatic carboxylic acids is 5. The molecule has 8 N–H and O–H groups in total. The molecule has 5 fully saturated rings. The van der Waals surface area contributed by atoms with Crippen LogP contribution in [0.1, 0.15) is 203 Å². The Balaban J connectivity index is 2.12. The predicted octanol–water partition coefficient (Wildman–Crippen LogP) is 7.14. The molecule has 0 bridgehead atoms. The van der Waals surface area contributed by atoms with Gasteiger partial charge in [-0.2, -0.15) is 0 Å². The fourth-order valence-corrected chi connectivity index (χ4v) is 18.6. The lowest BCUT2D eigenvalue weighted by molar-refractivity contribution is -0.213. The second kappa shape index (κ2) is 22.1. The van der Waals surface area contributed by atoms with Gasteiger partial charge in [-0.05, 0) is 220 Å². The number of nitrogens with one attached hydrogen (secondary N) is 3. The summed E-state index contributed by atoms with van der Waals surface area (Å²) in [6.45, 7) is 43.0. The first kappa shape index (κ1) is 64.8. The van der Waals surface area contributed by atoms with Crippen molar-refractivity contribution in [3.05, 3.63) is 0 Å². The van der Waals surface area contributed by atoms with Crippen LogP contribution in [-0.2, 0) is 24.0 Å². The van der Waals surface area contributed by atoms with Crippen LogP contribution in [-0.4, -0.2) is 205 Å². The summed E-state index contributed by atoms with van der Waals surface area (Å²) in [5, 5.41) is 65.2. The molecule has 444 valence electrons. The van der Waals surface area contributed by atoms with Gasteiger partial charge in [0.1, 0.15) is 0 Å². The lowest BCUT2D eigenvalue weighted by atomic mass is 9.51. The van der Waals surface area contributed by atoms with Crippen LogP contribution in [0.4, 0.5) is 0 Å². The molecule has 18 heteroatoms. The van der Waals surface area contributed by atoms with Crippen LogP contribution in [0.2, 0.25) is 0 Å². The highest BCUT2D eigenvalue weighted by Crippen LogP contribution is 2.60. The van der Waals surface area contributed by atoms with E-state index in [-0.39, 0.29) is 62.6 Å². The molecule has 1 unspecified atom stereocenters. The second-order valence-electron chi connectivity index (χ2n) is 31.5. The Labute approximate surface area is 463 Å². The van der Waals surface area contributed by atoms with Crippen LogP contribution in [0, 0.1) is 17.8 Å². The van der Waals surface area contributed by atoms with E-state index < -0.39 is 110 Å². The lowest BCUT2D eigenvalue weighted by Crippen LogP contribution is -2.82. The highest BCUT2D eigenvalue weighted by Gasteiger charge is 2.68. The van der Waals surface area contributed by atoms with E-state index in [4.69, 9.17) is 0 Å².